The van der Waals surface area contributed by atoms with Crippen molar-refractivity contribution in [1.29, 1.82) is 0 Å². The first-order valence-electron chi connectivity index (χ1n) is 14.2. The molecule has 2 heterocycles. The lowest BCUT2D eigenvalue weighted by molar-refractivity contribution is -0.132. The standard InChI is InChI=1S/C33H37ClN4O3/c1-41-25-33(40)38-20-7-18-35(22-26-12-14-29(34)15-13-26)17-6-19-37(23-28-9-3-5-11-31(28)38)32(39)24-36-21-16-27-8-2-4-10-30(27)36/h2-5,8-16,21H,6-7,17-20,22-25H2,1H3. The van der Waals surface area contributed by atoms with Gasteiger partial charge >= 0.3 is 0 Å². The van der Waals surface area contributed by atoms with Crippen LogP contribution in [0.4, 0.5) is 5.69 Å². The molecule has 8 heteroatoms. The number of para-hydroxylation sites is 2. The molecule has 0 saturated carbocycles. The Morgan fingerprint density at radius 2 is 1.56 bits per heavy atom. The van der Waals surface area contributed by atoms with Crippen LogP contribution in [-0.4, -0.2) is 66.1 Å². The highest BCUT2D eigenvalue weighted by molar-refractivity contribution is 6.30. The Hall–Kier alpha value is -3.65. The van der Waals surface area contributed by atoms with Crippen molar-refractivity contribution in [1.82, 2.24) is 14.4 Å². The molecule has 0 saturated heterocycles. The molecule has 0 spiro atoms. The number of amides is 2. The van der Waals surface area contributed by atoms with E-state index in [4.69, 9.17) is 16.3 Å². The fraction of sp³-hybridized carbons (Fsp3) is 0.333. The maximum absolute atomic E-state index is 13.8. The molecule has 0 aliphatic carbocycles. The number of nitrogens with zero attached hydrogens (tertiary/aromatic N) is 4. The molecular formula is C33H37ClN4O3. The van der Waals surface area contributed by atoms with E-state index in [-0.39, 0.29) is 25.0 Å². The fourth-order valence-electron chi connectivity index (χ4n) is 5.57. The maximum Gasteiger partial charge on any atom is 0.252 e. The number of halogens is 1. The number of methoxy groups -OCH3 is 1. The number of hydrogen-bond acceptors (Lipinski definition) is 4. The zero-order valence-electron chi connectivity index (χ0n) is 23.5. The van der Waals surface area contributed by atoms with Crippen molar-refractivity contribution in [3.05, 3.63) is 101 Å². The number of fused-ring (bicyclic) bond motifs is 2. The second kappa shape index (κ2) is 13.8. The predicted molar refractivity (Wildman–Crippen MR) is 164 cm³/mol. The first-order valence-corrected chi connectivity index (χ1v) is 14.6. The molecule has 41 heavy (non-hydrogen) atoms. The number of anilines is 1. The Morgan fingerprint density at radius 1 is 0.829 bits per heavy atom. The van der Waals surface area contributed by atoms with Gasteiger partial charge in [-0.1, -0.05) is 60.1 Å². The molecule has 0 bridgehead atoms. The van der Waals surface area contributed by atoms with Crippen molar-refractivity contribution in [3.8, 4) is 0 Å². The molecule has 0 fully saturated rings. The third-order valence-corrected chi connectivity index (χ3v) is 7.88. The van der Waals surface area contributed by atoms with Gasteiger partial charge < -0.3 is 19.1 Å². The summed E-state index contributed by atoms with van der Waals surface area (Å²) < 4.78 is 7.24. The largest absolute Gasteiger partial charge is 0.375 e. The predicted octanol–water partition coefficient (Wildman–Crippen LogP) is 5.60. The Labute approximate surface area is 246 Å². The molecule has 1 aromatic heterocycles. The lowest BCUT2D eigenvalue weighted by Crippen LogP contribution is -2.40. The van der Waals surface area contributed by atoms with Crippen LogP contribution in [0.3, 0.4) is 0 Å². The molecule has 4 aromatic rings. The third kappa shape index (κ3) is 7.36. The van der Waals surface area contributed by atoms with Gasteiger partial charge in [0, 0.05) is 68.8 Å². The van der Waals surface area contributed by atoms with Crippen LogP contribution in [0.1, 0.15) is 24.0 Å². The number of carbonyl (C=O) groups is 2. The Morgan fingerprint density at radius 3 is 2.37 bits per heavy atom. The van der Waals surface area contributed by atoms with Gasteiger partial charge in [0.1, 0.15) is 13.2 Å². The third-order valence-electron chi connectivity index (χ3n) is 7.63. The minimum absolute atomic E-state index is 0.00612. The van der Waals surface area contributed by atoms with Gasteiger partial charge in [-0.15, -0.1) is 0 Å². The first kappa shape index (κ1) is 28.9. The van der Waals surface area contributed by atoms with E-state index in [9.17, 15) is 9.59 Å². The van der Waals surface area contributed by atoms with E-state index in [1.807, 2.05) is 81.2 Å². The van der Waals surface area contributed by atoms with Crippen LogP contribution in [0.2, 0.25) is 5.02 Å². The minimum Gasteiger partial charge on any atom is -0.375 e. The van der Waals surface area contributed by atoms with Crippen LogP contribution in [0, 0.1) is 0 Å². The van der Waals surface area contributed by atoms with Crippen LogP contribution in [0.25, 0.3) is 10.9 Å². The van der Waals surface area contributed by atoms with Gasteiger partial charge in [-0.05, 0) is 59.7 Å². The van der Waals surface area contributed by atoms with Crippen molar-refractivity contribution >= 4 is 40.0 Å². The molecule has 2 amide bonds. The van der Waals surface area contributed by atoms with E-state index in [1.165, 1.54) is 5.56 Å². The quantitative estimate of drug-likeness (QED) is 0.302. The van der Waals surface area contributed by atoms with Crippen LogP contribution in [0.15, 0.2) is 85.1 Å². The van der Waals surface area contributed by atoms with Gasteiger partial charge in [0.25, 0.3) is 5.91 Å². The van der Waals surface area contributed by atoms with Gasteiger partial charge in [0.05, 0.1) is 0 Å². The van der Waals surface area contributed by atoms with Crippen molar-refractivity contribution in [3.63, 3.8) is 0 Å². The molecule has 214 valence electrons. The molecule has 0 N–H and O–H groups in total. The molecule has 1 aliphatic heterocycles. The number of carbonyl (C=O) groups excluding carboxylic acids is 2. The Balaban J connectivity index is 1.42. The van der Waals surface area contributed by atoms with Gasteiger partial charge in [0.2, 0.25) is 5.91 Å². The highest BCUT2D eigenvalue weighted by atomic mass is 35.5. The van der Waals surface area contributed by atoms with E-state index in [1.54, 1.807) is 7.11 Å². The van der Waals surface area contributed by atoms with E-state index < -0.39 is 0 Å². The average molecular weight is 573 g/mol. The lowest BCUT2D eigenvalue weighted by atomic mass is 10.1. The van der Waals surface area contributed by atoms with Gasteiger partial charge in [-0.2, -0.15) is 0 Å². The smallest absolute Gasteiger partial charge is 0.252 e. The van der Waals surface area contributed by atoms with Crippen LogP contribution in [0.5, 0.6) is 0 Å². The van der Waals surface area contributed by atoms with Gasteiger partial charge in [-0.25, -0.2) is 0 Å². The molecule has 1 aliphatic rings. The molecule has 3 aromatic carbocycles. The highest BCUT2D eigenvalue weighted by Gasteiger charge is 2.23. The average Bonchev–Trinajstić information content (AvgIpc) is 3.38. The number of ether oxygens (including phenoxy) is 1. The second-order valence-electron chi connectivity index (χ2n) is 10.5. The van der Waals surface area contributed by atoms with Crippen LogP contribution < -0.4 is 4.90 Å². The summed E-state index contributed by atoms with van der Waals surface area (Å²) in [5.74, 6) is -0.0322. The second-order valence-corrected chi connectivity index (χ2v) is 11.0. The first-order chi connectivity index (χ1) is 20.0. The fourth-order valence-corrected chi connectivity index (χ4v) is 5.69. The zero-order valence-corrected chi connectivity index (χ0v) is 24.3. The molecule has 0 unspecified atom stereocenters. The summed E-state index contributed by atoms with van der Waals surface area (Å²) >= 11 is 6.12. The van der Waals surface area contributed by atoms with Crippen molar-refractivity contribution in [2.45, 2.75) is 32.5 Å². The summed E-state index contributed by atoms with van der Waals surface area (Å²) in [5.41, 5.74) is 4.03. The summed E-state index contributed by atoms with van der Waals surface area (Å²) in [4.78, 5) is 33.2. The SMILES string of the molecule is COCC(=O)N1CCCN(Cc2ccc(Cl)cc2)CCCN(C(=O)Cn2ccc3ccccc32)Cc2ccccc21. The Kier molecular flexibility index (Phi) is 9.72. The summed E-state index contributed by atoms with van der Waals surface area (Å²) in [6, 6.07) is 26.0. The number of benzene rings is 3. The molecular weight excluding hydrogens is 536 g/mol. The Bertz CT molecular complexity index is 1470. The van der Waals surface area contributed by atoms with E-state index >= 15 is 0 Å². The summed E-state index contributed by atoms with van der Waals surface area (Å²) in [5, 5.41) is 1.84. The molecule has 0 radical (unpaired) electrons. The zero-order chi connectivity index (χ0) is 28.6. The van der Waals surface area contributed by atoms with E-state index in [0.717, 1.165) is 59.7 Å². The normalized spacial score (nSPS) is 15.3. The summed E-state index contributed by atoms with van der Waals surface area (Å²) in [6.45, 7) is 4.33. The van der Waals surface area contributed by atoms with Gasteiger partial charge in [0.15, 0.2) is 0 Å². The molecule has 5 rings (SSSR count). The van der Waals surface area contributed by atoms with Crippen molar-refractivity contribution < 1.29 is 14.3 Å². The van der Waals surface area contributed by atoms with Gasteiger partial charge in [-0.3, -0.25) is 14.5 Å². The monoisotopic (exact) mass is 572 g/mol. The van der Waals surface area contributed by atoms with Crippen molar-refractivity contribution in [2.75, 3.05) is 44.8 Å². The lowest BCUT2D eigenvalue weighted by Gasteiger charge is -2.32. The van der Waals surface area contributed by atoms with Crippen LogP contribution >= 0.6 is 11.6 Å². The summed E-state index contributed by atoms with van der Waals surface area (Å²) in [7, 11) is 1.54. The van der Waals surface area contributed by atoms with E-state index in [2.05, 4.69) is 23.1 Å². The summed E-state index contributed by atoms with van der Waals surface area (Å²) in [6.07, 6.45) is 3.65. The number of aromatic nitrogens is 1. The number of rotatable bonds is 6. The van der Waals surface area contributed by atoms with Crippen LogP contribution in [-0.2, 0) is 34.0 Å². The highest BCUT2D eigenvalue weighted by Crippen LogP contribution is 2.25. The topological polar surface area (TPSA) is 58.0 Å². The molecule has 0 atom stereocenters. The minimum atomic E-state index is -0.0852. The maximum atomic E-state index is 13.8. The molecule has 7 nitrogen and oxygen atoms in total. The van der Waals surface area contributed by atoms with Crippen molar-refractivity contribution in [2.24, 2.45) is 0 Å². The number of hydrogen-bond donors (Lipinski definition) is 0. The van der Waals surface area contributed by atoms with E-state index in [0.29, 0.717) is 19.6 Å².